The van der Waals surface area contributed by atoms with Crippen LogP contribution in [0.25, 0.3) is 5.65 Å². The van der Waals surface area contributed by atoms with Crippen molar-refractivity contribution >= 4 is 11.5 Å². The van der Waals surface area contributed by atoms with Crippen molar-refractivity contribution in [2.24, 2.45) is 0 Å². The molecule has 0 spiro atoms. The van der Waals surface area contributed by atoms with Crippen molar-refractivity contribution in [1.29, 1.82) is 0 Å². The highest BCUT2D eigenvalue weighted by Gasteiger charge is 2.21. The fraction of sp³-hybridized carbons (Fsp3) is 0.429. The van der Waals surface area contributed by atoms with Gasteiger partial charge in [-0.2, -0.15) is 0 Å². The lowest BCUT2D eigenvalue weighted by Gasteiger charge is -2.34. The second kappa shape index (κ2) is 4.66. The Morgan fingerprint density at radius 2 is 2.32 bits per heavy atom. The molecule has 5 nitrogen and oxygen atoms in total. The fourth-order valence-corrected chi connectivity index (χ4v) is 2.46. The van der Waals surface area contributed by atoms with Crippen molar-refractivity contribution in [2.75, 3.05) is 24.7 Å². The summed E-state index contributed by atoms with van der Waals surface area (Å²) in [5.74, 6) is 0.745. The van der Waals surface area contributed by atoms with Gasteiger partial charge >= 0.3 is 0 Å². The van der Waals surface area contributed by atoms with Crippen LogP contribution in [0.3, 0.4) is 0 Å². The molecule has 0 bridgehead atoms. The number of ether oxygens (including phenoxy) is 1. The lowest BCUT2D eigenvalue weighted by Crippen LogP contribution is -2.44. The van der Waals surface area contributed by atoms with E-state index < -0.39 is 0 Å². The van der Waals surface area contributed by atoms with Gasteiger partial charge in [0.15, 0.2) is 0 Å². The van der Waals surface area contributed by atoms with Crippen molar-refractivity contribution < 1.29 is 4.74 Å². The van der Waals surface area contributed by atoms with E-state index >= 15 is 0 Å². The Kier molecular flexibility index (Phi) is 2.98. The van der Waals surface area contributed by atoms with Crippen LogP contribution in [0.2, 0.25) is 0 Å². The molecule has 0 unspecified atom stereocenters. The van der Waals surface area contributed by atoms with Gasteiger partial charge in [0.25, 0.3) is 5.56 Å². The standard InChI is InChI=1S/C14H17N3O2/c1-10-4-3-5-17-13(18)8-12(15-14(10)17)16-6-7-19-9-11(16)2/h3-5,8,11H,6-7,9H2,1-2H3/t11-/m1/s1. The molecule has 100 valence electrons. The molecular weight excluding hydrogens is 242 g/mol. The molecule has 1 aliphatic heterocycles. The topological polar surface area (TPSA) is 46.8 Å². The number of rotatable bonds is 1. The summed E-state index contributed by atoms with van der Waals surface area (Å²) in [6, 6.07) is 5.68. The van der Waals surface area contributed by atoms with Gasteiger partial charge < -0.3 is 9.64 Å². The third kappa shape index (κ3) is 2.10. The van der Waals surface area contributed by atoms with Crippen molar-refractivity contribution in [1.82, 2.24) is 9.38 Å². The van der Waals surface area contributed by atoms with E-state index in [9.17, 15) is 4.79 Å². The largest absolute Gasteiger partial charge is 0.377 e. The minimum atomic E-state index is -0.0395. The first kappa shape index (κ1) is 12.2. The number of aromatic nitrogens is 2. The number of nitrogens with zero attached hydrogens (tertiary/aromatic N) is 3. The summed E-state index contributed by atoms with van der Waals surface area (Å²) >= 11 is 0. The molecule has 0 aromatic carbocycles. The quantitative estimate of drug-likeness (QED) is 0.772. The van der Waals surface area contributed by atoms with Crippen LogP contribution < -0.4 is 10.5 Å². The molecule has 1 atom stereocenters. The van der Waals surface area contributed by atoms with E-state index in [0.29, 0.717) is 13.2 Å². The van der Waals surface area contributed by atoms with E-state index in [2.05, 4.69) is 16.8 Å². The predicted octanol–water partition coefficient (Wildman–Crippen LogP) is 1.23. The summed E-state index contributed by atoms with van der Waals surface area (Å²) in [5.41, 5.74) is 1.69. The fourth-order valence-electron chi connectivity index (χ4n) is 2.46. The zero-order valence-corrected chi connectivity index (χ0v) is 11.2. The van der Waals surface area contributed by atoms with Crippen LogP contribution in [0.5, 0.6) is 0 Å². The smallest absolute Gasteiger partial charge is 0.259 e. The van der Waals surface area contributed by atoms with E-state index in [1.165, 1.54) is 0 Å². The number of hydrogen-bond acceptors (Lipinski definition) is 4. The second-order valence-electron chi connectivity index (χ2n) is 4.95. The molecular formula is C14H17N3O2. The molecule has 0 amide bonds. The Morgan fingerprint density at radius 3 is 3.11 bits per heavy atom. The number of morpholine rings is 1. The third-order valence-corrected chi connectivity index (χ3v) is 3.53. The summed E-state index contributed by atoms with van der Waals surface area (Å²) in [5, 5.41) is 0. The summed E-state index contributed by atoms with van der Waals surface area (Å²) in [6.07, 6.45) is 1.75. The number of aryl methyl sites for hydroxylation is 1. The van der Waals surface area contributed by atoms with Crippen LogP contribution >= 0.6 is 0 Å². The van der Waals surface area contributed by atoms with Gasteiger partial charge in [0, 0.05) is 18.8 Å². The van der Waals surface area contributed by atoms with E-state index in [4.69, 9.17) is 4.74 Å². The highest BCUT2D eigenvalue weighted by Crippen LogP contribution is 2.17. The molecule has 3 heterocycles. The summed E-state index contributed by atoms with van der Waals surface area (Å²) in [6.45, 7) is 6.18. The monoisotopic (exact) mass is 259 g/mol. The minimum Gasteiger partial charge on any atom is -0.377 e. The predicted molar refractivity (Wildman–Crippen MR) is 73.8 cm³/mol. The van der Waals surface area contributed by atoms with E-state index in [-0.39, 0.29) is 11.6 Å². The average Bonchev–Trinajstić information content (AvgIpc) is 2.40. The van der Waals surface area contributed by atoms with Gasteiger partial charge in [0.05, 0.1) is 19.3 Å². The van der Waals surface area contributed by atoms with Crippen molar-refractivity contribution in [3.63, 3.8) is 0 Å². The van der Waals surface area contributed by atoms with Crippen LogP contribution in [0.4, 0.5) is 5.82 Å². The summed E-state index contributed by atoms with van der Waals surface area (Å²) in [4.78, 5) is 18.9. The third-order valence-electron chi connectivity index (χ3n) is 3.53. The first-order chi connectivity index (χ1) is 9.16. The van der Waals surface area contributed by atoms with Crippen LogP contribution in [-0.4, -0.2) is 35.2 Å². The summed E-state index contributed by atoms with van der Waals surface area (Å²) < 4.78 is 7.01. The molecule has 0 N–H and O–H groups in total. The maximum atomic E-state index is 12.2. The molecule has 1 aliphatic rings. The minimum absolute atomic E-state index is 0.0395. The maximum Gasteiger partial charge on any atom is 0.259 e. The number of pyridine rings is 1. The molecule has 0 saturated carbocycles. The van der Waals surface area contributed by atoms with E-state index in [1.54, 1.807) is 16.7 Å². The highest BCUT2D eigenvalue weighted by molar-refractivity contribution is 5.53. The van der Waals surface area contributed by atoms with Crippen LogP contribution in [-0.2, 0) is 4.74 Å². The number of hydrogen-bond donors (Lipinski definition) is 0. The Labute approximate surface area is 111 Å². The van der Waals surface area contributed by atoms with E-state index in [0.717, 1.165) is 23.6 Å². The normalized spacial score (nSPS) is 19.9. The van der Waals surface area contributed by atoms with E-state index in [1.807, 2.05) is 19.1 Å². The Balaban J connectivity index is 2.15. The van der Waals surface area contributed by atoms with Crippen molar-refractivity contribution in [2.45, 2.75) is 19.9 Å². The Morgan fingerprint density at radius 1 is 1.47 bits per heavy atom. The number of fused-ring (bicyclic) bond motifs is 1. The Hall–Kier alpha value is -1.88. The van der Waals surface area contributed by atoms with Gasteiger partial charge in [0.2, 0.25) is 0 Å². The van der Waals surface area contributed by atoms with Crippen LogP contribution in [0.1, 0.15) is 12.5 Å². The zero-order chi connectivity index (χ0) is 13.4. The first-order valence-corrected chi connectivity index (χ1v) is 6.50. The first-order valence-electron chi connectivity index (χ1n) is 6.50. The lowest BCUT2D eigenvalue weighted by molar-refractivity contribution is 0.0985. The lowest BCUT2D eigenvalue weighted by atomic mass is 10.2. The van der Waals surface area contributed by atoms with Crippen molar-refractivity contribution in [3.8, 4) is 0 Å². The van der Waals surface area contributed by atoms with Gasteiger partial charge in [-0.05, 0) is 25.5 Å². The molecule has 2 aromatic rings. The zero-order valence-electron chi connectivity index (χ0n) is 11.2. The number of anilines is 1. The second-order valence-corrected chi connectivity index (χ2v) is 4.95. The molecule has 5 heteroatoms. The Bertz CT molecular complexity index is 665. The molecule has 0 radical (unpaired) electrons. The maximum absolute atomic E-state index is 12.2. The van der Waals surface area contributed by atoms with Gasteiger partial charge in [-0.15, -0.1) is 0 Å². The molecule has 1 fully saturated rings. The average molecular weight is 259 g/mol. The van der Waals surface area contributed by atoms with Crippen LogP contribution in [0.15, 0.2) is 29.2 Å². The molecule has 1 saturated heterocycles. The van der Waals surface area contributed by atoms with Gasteiger partial charge in [-0.3, -0.25) is 9.20 Å². The molecule has 3 rings (SSSR count). The SMILES string of the molecule is Cc1cccn2c(=O)cc(N3CCOC[C@H]3C)nc12. The van der Waals surface area contributed by atoms with Gasteiger partial charge in [-0.25, -0.2) is 4.98 Å². The molecule has 0 aliphatic carbocycles. The van der Waals surface area contributed by atoms with Crippen LogP contribution in [0, 0.1) is 6.92 Å². The highest BCUT2D eigenvalue weighted by atomic mass is 16.5. The molecule has 19 heavy (non-hydrogen) atoms. The summed E-state index contributed by atoms with van der Waals surface area (Å²) in [7, 11) is 0. The van der Waals surface area contributed by atoms with Gasteiger partial charge in [0.1, 0.15) is 11.5 Å². The van der Waals surface area contributed by atoms with Crippen molar-refractivity contribution in [3.05, 3.63) is 40.3 Å². The molecule has 2 aromatic heterocycles. The van der Waals surface area contributed by atoms with Gasteiger partial charge in [-0.1, -0.05) is 6.07 Å².